The van der Waals surface area contributed by atoms with Gasteiger partial charge in [0.15, 0.2) is 5.78 Å². The van der Waals surface area contributed by atoms with Crippen LogP contribution in [0.5, 0.6) is 0 Å². The predicted octanol–water partition coefficient (Wildman–Crippen LogP) is 1.57. The fourth-order valence-corrected chi connectivity index (χ4v) is 1.82. The summed E-state index contributed by atoms with van der Waals surface area (Å²) >= 11 is 0. The number of Topliss-reactive ketones (excluding diaryl/α,β-unsaturated/α-hetero) is 1. The number of halogens is 1. The molecule has 116 valence electrons. The van der Waals surface area contributed by atoms with Crippen molar-refractivity contribution in [2.75, 3.05) is 27.4 Å². The Morgan fingerprint density at radius 2 is 1.90 bits per heavy atom. The van der Waals surface area contributed by atoms with Crippen LogP contribution in [0.1, 0.15) is 23.2 Å². The molecule has 0 aromatic heterocycles. The van der Waals surface area contributed by atoms with Gasteiger partial charge < -0.3 is 14.8 Å². The van der Waals surface area contributed by atoms with Crippen molar-refractivity contribution in [1.82, 2.24) is 5.32 Å². The Balaban J connectivity index is 2.71. The smallest absolute Gasteiger partial charge is 0.307 e. The van der Waals surface area contributed by atoms with Gasteiger partial charge in [-0.1, -0.05) is 0 Å². The molecule has 0 saturated carbocycles. The van der Waals surface area contributed by atoms with Gasteiger partial charge in [-0.3, -0.25) is 9.59 Å². The van der Waals surface area contributed by atoms with E-state index in [4.69, 9.17) is 4.74 Å². The fourth-order valence-electron chi connectivity index (χ4n) is 1.82. The van der Waals surface area contributed by atoms with Gasteiger partial charge in [0.1, 0.15) is 5.82 Å². The first-order chi connectivity index (χ1) is 10.1. The Kier molecular flexibility index (Phi) is 7.56. The summed E-state index contributed by atoms with van der Waals surface area (Å²) in [6.07, 6.45) is 0.643. The lowest BCUT2D eigenvalue weighted by Gasteiger charge is -2.16. The monoisotopic (exact) mass is 297 g/mol. The average molecular weight is 297 g/mol. The fraction of sp³-hybridized carbons (Fsp3) is 0.467. The molecule has 1 aromatic rings. The number of esters is 1. The van der Waals surface area contributed by atoms with Crippen LogP contribution >= 0.6 is 0 Å². The number of ether oxygens (including phenoxy) is 2. The van der Waals surface area contributed by atoms with E-state index in [0.29, 0.717) is 25.1 Å². The third kappa shape index (κ3) is 6.01. The zero-order valence-electron chi connectivity index (χ0n) is 12.2. The number of rotatable bonds is 9. The lowest BCUT2D eigenvalue weighted by molar-refractivity contribution is -0.140. The number of hydrogen-bond acceptors (Lipinski definition) is 5. The van der Waals surface area contributed by atoms with Gasteiger partial charge in [-0.25, -0.2) is 4.39 Å². The van der Waals surface area contributed by atoms with E-state index < -0.39 is 17.8 Å². The second-order valence-electron chi connectivity index (χ2n) is 4.50. The Morgan fingerprint density at radius 1 is 1.24 bits per heavy atom. The van der Waals surface area contributed by atoms with Crippen LogP contribution in [-0.4, -0.2) is 45.2 Å². The number of hydrogen-bond donors (Lipinski definition) is 1. The molecule has 0 heterocycles. The van der Waals surface area contributed by atoms with Crippen LogP contribution in [0.2, 0.25) is 0 Å². The summed E-state index contributed by atoms with van der Waals surface area (Å²) in [5.41, 5.74) is 0.351. The van der Waals surface area contributed by atoms with Gasteiger partial charge in [-0.2, -0.15) is 0 Å². The SMILES string of the molecule is COCCCNC(CC(=O)OC)C(=O)c1ccc(F)cc1. The number of nitrogens with one attached hydrogen (secondary N) is 1. The van der Waals surface area contributed by atoms with Crippen LogP contribution in [0, 0.1) is 5.82 Å². The molecule has 1 atom stereocenters. The molecule has 0 radical (unpaired) electrons. The van der Waals surface area contributed by atoms with Crippen LogP contribution in [0.3, 0.4) is 0 Å². The van der Waals surface area contributed by atoms with Crippen molar-refractivity contribution in [3.63, 3.8) is 0 Å². The predicted molar refractivity (Wildman–Crippen MR) is 75.6 cm³/mol. The largest absolute Gasteiger partial charge is 0.469 e. The second kappa shape index (κ2) is 9.20. The van der Waals surface area contributed by atoms with E-state index in [1.54, 1.807) is 7.11 Å². The molecule has 1 rings (SSSR count). The zero-order chi connectivity index (χ0) is 15.7. The summed E-state index contributed by atoms with van der Waals surface area (Å²) in [7, 11) is 2.86. The molecule has 0 aliphatic carbocycles. The molecule has 0 fully saturated rings. The van der Waals surface area contributed by atoms with Crippen molar-refractivity contribution in [3.8, 4) is 0 Å². The minimum atomic E-state index is -0.695. The van der Waals surface area contributed by atoms with Crippen LogP contribution in [-0.2, 0) is 14.3 Å². The number of ketones is 1. The summed E-state index contributed by atoms with van der Waals surface area (Å²) in [5.74, 6) is -1.16. The Hall–Kier alpha value is -1.79. The first kappa shape index (κ1) is 17.3. The molecule has 0 bridgehead atoms. The van der Waals surface area contributed by atoms with E-state index >= 15 is 0 Å². The number of methoxy groups -OCH3 is 2. The third-order valence-corrected chi connectivity index (χ3v) is 2.96. The van der Waals surface area contributed by atoms with E-state index in [-0.39, 0.29) is 12.2 Å². The third-order valence-electron chi connectivity index (χ3n) is 2.96. The maximum Gasteiger partial charge on any atom is 0.307 e. The molecule has 21 heavy (non-hydrogen) atoms. The Morgan fingerprint density at radius 3 is 2.48 bits per heavy atom. The lowest BCUT2D eigenvalue weighted by atomic mass is 10.0. The van der Waals surface area contributed by atoms with Crippen molar-refractivity contribution in [3.05, 3.63) is 35.6 Å². The minimum absolute atomic E-state index is 0.0698. The normalized spacial score (nSPS) is 12.0. The molecule has 0 aliphatic heterocycles. The highest BCUT2D eigenvalue weighted by atomic mass is 19.1. The van der Waals surface area contributed by atoms with Gasteiger partial charge >= 0.3 is 5.97 Å². The first-order valence-electron chi connectivity index (χ1n) is 6.67. The van der Waals surface area contributed by atoms with Gasteiger partial charge in [-0.15, -0.1) is 0 Å². The molecule has 1 unspecified atom stereocenters. The maximum atomic E-state index is 12.9. The van der Waals surface area contributed by atoms with Gasteiger partial charge in [0.05, 0.1) is 19.6 Å². The zero-order valence-corrected chi connectivity index (χ0v) is 12.2. The van der Waals surface area contributed by atoms with Crippen LogP contribution in [0.25, 0.3) is 0 Å². The van der Waals surface area contributed by atoms with Gasteiger partial charge in [-0.05, 0) is 37.2 Å². The molecule has 5 nitrogen and oxygen atoms in total. The molecule has 1 aromatic carbocycles. The highest BCUT2D eigenvalue weighted by molar-refractivity contribution is 6.01. The number of benzene rings is 1. The topological polar surface area (TPSA) is 64.6 Å². The van der Waals surface area contributed by atoms with Gasteiger partial charge in [0.25, 0.3) is 0 Å². The molecule has 0 amide bonds. The summed E-state index contributed by atoms with van der Waals surface area (Å²) in [6.45, 7) is 1.09. The molecule has 0 spiro atoms. The maximum absolute atomic E-state index is 12.9. The summed E-state index contributed by atoms with van der Waals surface area (Å²) in [5, 5.41) is 3.01. The van der Waals surface area contributed by atoms with Crippen LogP contribution in [0.15, 0.2) is 24.3 Å². The van der Waals surface area contributed by atoms with Crippen LogP contribution in [0.4, 0.5) is 4.39 Å². The molecule has 6 heteroatoms. The standard InChI is InChI=1S/C15H20FNO4/c1-20-9-3-8-17-13(10-14(18)21-2)15(19)11-4-6-12(16)7-5-11/h4-7,13,17H,3,8-10H2,1-2H3. The van der Waals surface area contributed by atoms with Crippen molar-refractivity contribution < 1.29 is 23.5 Å². The highest BCUT2D eigenvalue weighted by Crippen LogP contribution is 2.09. The second-order valence-corrected chi connectivity index (χ2v) is 4.50. The summed E-state index contributed by atoms with van der Waals surface area (Å²) in [6, 6.07) is 4.54. The van der Waals surface area contributed by atoms with Gasteiger partial charge in [0, 0.05) is 19.3 Å². The first-order valence-corrected chi connectivity index (χ1v) is 6.67. The van der Waals surface area contributed by atoms with E-state index in [2.05, 4.69) is 10.1 Å². The van der Waals surface area contributed by atoms with Crippen molar-refractivity contribution >= 4 is 11.8 Å². The number of carbonyl (C=O) groups excluding carboxylic acids is 2. The van der Waals surface area contributed by atoms with E-state index in [1.807, 2.05) is 0 Å². The van der Waals surface area contributed by atoms with Crippen molar-refractivity contribution in [1.29, 1.82) is 0 Å². The molecule has 1 N–H and O–H groups in total. The summed E-state index contributed by atoms with van der Waals surface area (Å²) < 4.78 is 22.4. The quantitative estimate of drug-likeness (QED) is 0.426. The molecule has 0 saturated heterocycles. The average Bonchev–Trinajstić information content (AvgIpc) is 2.50. The Bertz CT molecular complexity index is 461. The molecule has 0 aliphatic rings. The molecular weight excluding hydrogens is 277 g/mol. The molecular formula is C15H20FNO4. The highest BCUT2D eigenvalue weighted by Gasteiger charge is 2.23. The summed E-state index contributed by atoms with van der Waals surface area (Å²) in [4.78, 5) is 23.7. The van der Waals surface area contributed by atoms with E-state index in [1.165, 1.54) is 31.4 Å². The lowest BCUT2D eigenvalue weighted by Crippen LogP contribution is -2.39. The van der Waals surface area contributed by atoms with Crippen molar-refractivity contribution in [2.24, 2.45) is 0 Å². The van der Waals surface area contributed by atoms with Crippen molar-refractivity contribution in [2.45, 2.75) is 18.9 Å². The van der Waals surface area contributed by atoms with Gasteiger partial charge in [0.2, 0.25) is 0 Å². The Labute approximate surface area is 123 Å². The van der Waals surface area contributed by atoms with E-state index in [9.17, 15) is 14.0 Å². The van der Waals surface area contributed by atoms with E-state index in [0.717, 1.165) is 0 Å². The minimum Gasteiger partial charge on any atom is -0.469 e. The number of carbonyl (C=O) groups is 2. The van der Waals surface area contributed by atoms with Crippen LogP contribution < -0.4 is 5.32 Å².